The number of imidazole rings is 1. The number of nitrogens with one attached hydrogen (secondary N) is 1. The van der Waals surface area contributed by atoms with Gasteiger partial charge in [0.15, 0.2) is 0 Å². The number of hydrogen-bond donors (Lipinski definition) is 1. The van der Waals surface area contributed by atoms with E-state index in [0.29, 0.717) is 23.3 Å². The van der Waals surface area contributed by atoms with Crippen LogP contribution in [0.15, 0.2) is 74.8 Å². The molecule has 0 spiro atoms. The van der Waals surface area contributed by atoms with Crippen molar-refractivity contribution in [2.75, 3.05) is 6.54 Å². The SMILES string of the molecule is Cc1oc2cc3oc(=O)c(CC(=O)NCCCn4ccnc4)c(C)c3cc2c1-c1ccccc1. The molecule has 1 amide bonds. The summed E-state index contributed by atoms with van der Waals surface area (Å²) in [5.41, 5.74) is 3.82. The zero-order chi connectivity index (χ0) is 23.7. The van der Waals surface area contributed by atoms with Gasteiger partial charge in [-0.25, -0.2) is 9.78 Å². The van der Waals surface area contributed by atoms with Crippen molar-refractivity contribution >= 4 is 27.8 Å². The van der Waals surface area contributed by atoms with Crippen LogP contribution in [0.2, 0.25) is 0 Å². The van der Waals surface area contributed by atoms with Crippen LogP contribution >= 0.6 is 0 Å². The van der Waals surface area contributed by atoms with Gasteiger partial charge in [-0.1, -0.05) is 30.3 Å². The summed E-state index contributed by atoms with van der Waals surface area (Å²) < 4.78 is 13.5. The zero-order valence-corrected chi connectivity index (χ0v) is 19.1. The topological polar surface area (TPSA) is 90.3 Å². The summed E-state index contributed by atoms with van der Waals surface area (Å²) in [4.78, 5) is 29.3. The van der Waals surface area contributed by atoms with Gasteiger partial charge in [-0.15, -0.1) is 0 Å². The summed E-state index contributed by atoms with van der Waals surface area (Å²) in [7, 11) is 0. The Kier molecular flexibility index (Phi) is 5.76. The molecule has 0 atom stereocenters. The number of hydrogen-bond acceptors (Lipinski definition) is 5. The lowest BCUT2D eigenvalue weighted by Gasteiger charge is -2.09. The van der Waals surface area contributed by atoms with Gasteiger partial charge in [-0.3, -0.25) is 4.79 Å². The predicted octanol–water partition coefficient (Wildman–Crippen LogP) is 4.77. The van der Waals surface area contributed by atoms with Crippen LogP contribution in [0.5, 0.6) is 0 Å². The molecule has 7 heteroatoms. The maximum atomic E-state index is 12.7. The highest BCUT2D eigenvalue weighted by Gasteiger charge is 2.19. The van der Waals surface area contributed by atoms with Crippen LogP contribution in [0.4, 0.5) is 0 Å². The normalized spacial score (nSPS) is 11.4. The molecule has 0 bridgehead atoms. The fourth-order valence-electron chi connectivity index (χ4n) is 4.40. The van der Waals surface area contributed by atoms with E-state index in [2.05, 4.69) is 10.3 Å². The molecular weight excluding hydrogens is 430 g/mol. The molecule has 3 aromatic heterocycles. The summed E-state index contributed by atoms with van der Waals surface area (Å²) in [6.07, 6.45) is 6.10. The van der Waals surface area contributed by atoms with Crippen LogP contribution in [-0.4, -0.2) is 22.0 Å². The zero-order valence-electron chi connectivity index (χ0n) is 19.1. The molecule has 0 aliphatic heterocycles. The Labute approximate surface area is 196 Å². The van der Waals surface area contributed by atoms with Crippen LogP contribution in [0, 0.1) is 13.8 Å². The monoisotopic (exact) mass is 455 g/mol. The number of furan rings is 1. The Hall–Kier alpha value is -4.13. The Morgan fingerprint density at radius 2 is 1.85 bits per heavy atom. The third-order valence-electron chi connectivity index (χ3n) is 6.15. The summed E-state index contributed by atoms with van der Waals surface area (Å²) in [5.74, 6) is 0.595. The van der Waals surface area contributed by atoms with E-state index >= 15 is 0 Å². The molecule has 1 N–H and O–H groups in total. The summed E-state index contributed by atoms with van der Waals surface area (Å²) in [5, 5.41) is 4.64. The maximum absolute atomic E-state index is 12.7. The second-order valence-corrected chi connectivity index (χ2v) is 8.42. The standard InChI is InChI=1S/C27H25N3O4/c1-17-20-13-22-24(33-18(2)26(22)19-7-4-3-5-8-19)15-23(20)34-27(32)21(17)14-25(31)29-9-6-11-30-12-10-28-16-30/h3-5,7-8,10,12-13,15-16H,6,9,11,14H2,1-2H3,(H,29,31). The van der Waals surface area contributed by atoms with Crippen molar-refractivity contribution in [3.05, 3.63) is 88.5 Å². The van der Waals surface area contributed by atoms with E-state index in [1.165, 1.54) is 0 Å². The average molecular weight is 456 g/mol. The van der Waals surface area contributed by atoms with Crippen molar-refractivity contribution in [3.8, 4) is 11.1 Å². The van der Waals surface area contributed by atoms with E-state index in [0.717, 1.165) is 46.2 Å². The van der Waals surface area contributed by atoms with Crippen LogP contribution < -0.4 is 10.9 Å². The van der Waals surface area contributed by atoms with E-state index in [-0.39, 0.29) is 12.3 Å². The molecule has 0 fully saturated rings. The van der Waals surface area contributed by atoms with Gasteiger partial charge in [0.25, 0.3) is 0 Å². The largest absolute Gasteiger partial charge is 0.461 e. The van der Waals surface area contributed by atoms with Gasteiger partial charge < -0.3 is 18.7 Å². The Morgan fingerprint density at radius 1 is 1.06 bits per heavy atom. The predicted molar refractivity (Wildman–Crippen MR) is 131 cm³/mol. The van der Waals surface area contributed by atoms with Crippen molar-refractivity contribution < 1.29 is 13.6 Å². The molecule has 0 saturated heterocycles. The fraction of sp³-hybridized carbons (Fsp3) is 0.222. The molecule has 0 aliphatic carbocycles. The fourth-order valence-corrected chi connectivity index (χ4v) is 4.40. The minimum atomic E-state index is -0.496. The minimum absolute atomic E-state index is 0.0246. The average Bonchev–Trinajstić information content (AvgIpc) is 3.45. The summed E-state index contributed by atoms with van der Waals surface area (Å²) >= 11 is 0. The van der Waals surface area contributed by atoms with Crippen molar-refractivity contribution in [2.24, 2.45) is 0 Å². The number of fused-ring (bicyclic) bond motifs is 2. The molecule has 0 aliphatic rings. The Balaban J connectivity index is 1.43. The van der Waals surface area contributed by atoms with Crippen molar-refractivity contribution in [1.82, 2.24) is 14.9 Å². The number of nitrogens with zero attached hydrogens (tertiary/aromatic N) is 2. The molecule has 0 radical (unpaired) electrons. The molecule has 2 aromatic carbocycles. The number of aromatic nitrogens is 2. The number of carbonyl (C=O) groups is 1. The number of benzene rings is 2. The number of rotatable bonds is 7. The molecule has 5 aromatic rings. The molecular formula is C27H25N3O4. The van der Waals surface area contributed by atoms with Crippen molar-refractivity contribution in [2.45, 2.75) is 33.2 Å². The molecule has 172 valence electrons. The summed E-state index contributed by atoms with van der Waals surface area (Å²) in [6.45, 7) is 5.08. The van der Waals surface area contributed by atoms with Gasteiger partial charge >= 0.3 is 5.63 Å². The Bertz CT molecular complexity index is 1530. The van der Waals surface area contributed by atoms with E-state index in [4.69, 9.17) is 8.83 Å². The molecule has 0 unspecified atom stereocenters. The lowest BCUT2D eigenvalue weighted by atomic mass is 9.98. The van der Waals surface area contributed by atoms with Gasteiger partial charge in [0, 0.05) is 47.9 Å². The maximum Gasteiger partial charge on any atom is 0.340 e. The first-order valence-electron chi connectivity index (χ1n) is 11.3. The molecule has 34 heavy (non-hydrogen) atoms. The first-order chi connectivity index (χ1) is 16.5. The minimum Gasteiger partial charge on any atom is -0.461 e. The third kappa shape index (κ3) is 4.12. The molecule has 7 nitrogen and oxygen atoms in total. The van der Waals surface area contributed by atoms with E-state index in [1.807, 2.05) is 61.0 Å². The van der Waals surface area contributed by atoms with Crippen LogP contribution in [0.3, 0.4) is 0 Å². The van der Waals surface area contributed by atoms with Gasteiger partial charge in [0.2, 0.25) is 5.91 Å². The highest BCUT2D eigenvalue weighted by atomic mass is 16.4. The number of carbonyl (C=O) groups excluding carboxylic acids is 1. The second-order valence-electron chi connectivity index (χ2n) is 8.42. The van der Waals surface area contributed by atoms with Gasteiger partial charge in [-0.05, 0) is 37.5 Å². The first-order valence-corrected chi connectivity index (χ1v) is 11.3. The van der Waals surface area contributed by atoms with Crippen molar-refractivity contribution in [3.63, 3.8) is 0 Å². The van der Waals surface area contributed by atoms with Crippen LogP contribution in [0.1, 0.15) is 23.3 Å². The lowest BCUT2D eigenvalue weighted by Crippen LogP contribution is -2.29. The summed E-state index contributed by atoms with van der Waals surface area (Å²) in [6, 6.07) is 13.8. The van der Waals surface area contributed by atoms with E-state index < -0.39 is 5.63 Å². The van der Waals surface area contributed by atoms with Gasteiger partial charge in [0.05, 0.1) is 18.3 Å². The van der Waals surface area contributed by atoms with Gasteiger partial charge in [0.1, 0.15) is 16.9 Å². The molecule has 0 saturated carbocycles. The van der Waals surface area contributed by atoms with Gasteiger partial charge in [-0.2, -0.15) is 0 Å². The smallest absolute Gasteiger partial charge is 0.340 e. The molecule has 5 rings (SSSR count). The number of aryl methyl sites for hydroxylation is 3. The second kappa shape index (κ2) is 9.02. The van der Waals surface area contributed by atoms with Crippen LogP contribution in [-0.2, 0) is 17.8 Å². The van der Waals surface area contributed by atoms with Crippen molar-refractivity contribution in [1.29, 1.82) is 0 Å². The molecule has 3 heterocycles. The third-order valence-corrected chi connectivity index (χ3v) is 6.15. The highest BCUT2D eigenvalue weighted by Crippen LogP contribution is 2.37. The highest BCUT2D eigenvalue weighted by molar-refractivity contribution is 6.03. The van der Waals surface area contributed by atoms with E-state index in [1.54, 1.807) is 18.6 Å². The Morgan fingerprint density at radius 3 is 2.62 bits per heavy atom. The van der Waals surface area contributed by atoms with E-state index in [9.17, 15) is 9.59 Å². The first kappa shape index (κ1) is 21.7. The lowest BCUT2D eigenvalue weighted by molar-refractivity contribution is -0.120. The quantitative estimate of drug-likeness (QED) is 0.282. The van der Waals surface area contributed by atoms with Crippen LogP contribution in [0.25, 0.3) is 33.1 Å². The number of amides is 1.